The normalized spacial score (nSPS) is 30.3. The van der Waals surface area contributed by atoms with Gasteiger partial charge in [0.2, 0.25) is 5.91 Å². The fourth-order valence-electron chi connectivity index (χ4n) is 3.27. The summed E-state index contributed by atoms with van der Waals surface area (Å²) in [7, 11) is 0. The summed E-state index contributed by atoms with van der Waals surface area (Å²) < 4.78 is 2.72. The largest absolute Gasteiger partial charge is 0.477 e. The number of aliphatic carboxylic acids is 1. The van der Waals surface area contributed by atoms with Gasteiger partial charge in [-0.25, -0.2) is 9.78 Å². The topological polar surface area (TPSA) is 95.7 Å². The molecule has 9 heteroatoms. The number of imidazole rings is 1. The van der Waals surface area contributed by atoms with Crippen LogP contribution in [-0.4, -0.2) is 48.0 Å². The maximum atomic E-state index is 12.2. The number of fused-ring (bicyclic) bond motifs is 2. The van der Waals surface area contributed by atoms with E-state index in [-0.39, 0.29) is 22.2 Å². The number of carboxylic acids is 1. The lowest BCUT2D eigenvalue weighted by Gasteiger charge is -2.43. The summed E-state index contributed by atoms with van der Waals surface area (Å²) in [5, 5.41) is 19.1. The van der Waals surface area contributed by atoms with E-state index in [0.717, 1.165) is 18.7 Å². The van der Waals surface area contributed by atoms with Gasteiger partial charge in [0.1, 0.15) is 5.37 Å². The van der Waals surface area contributed by atoms with Crippen LogP contribution in [0.1, 0.15) is 24.3 Å². The minimum atomic E-state index is -1.09. The third-order valence-corrected chi connectivity index (χ3v) is 7.32. The van der Waals surface area contributed by atoms with Gasteiger partial charge in [-0.15, -0.1) is 11.8 Å². The molecular formula is C14H15N3O4S2. The number of hydrogen-bond acceptors (Lipinski definition) is 6. The smallest absolute Gasteiger partial charge is 0.354 e. The van der Waals surface area contributed by atoms with E-state index in [2.05, 4.69) is 9.55 Å². The molecule has 0 aliphatic carbocycles. The highest BCUT2D eigenvalue weighted by Gasteiger charge is 2.58. The molecule has 23 heavy (non-hydrogen) atoms. The van der Waals surface area contributed by atoms with Crippen LogP contribution < -0.4 is 0 Å². The number of carboxylic acid groups (broad SMARTS) is 1. The molecule has 1 aromatic rings. The highest BCUT2D eigenvalue weighted by atomic mass is 32.2. The number of aliphatic hydroxyl groups excluding tert-OH is 1. The Morgan fingerprint density at radius 1 is 1.57 bits per heavy atom. The fourth-order valence-corrected chi connectivity index (χ4v) is 6.56. The Morgan fingerprint density at radius 2 is 2.35 bits per heavy atom. The van der Waals surface area contributed by atoms with Crippen LogP contribution in [0.5, 0.6) is 0 Å². The second-order valence-corrected chi connectivity index (χ2v) is 8.43. The van der Waals surface area contributed by atoms with Crippen molar-refractivity contribution in [3.05, 3.63) is 28.2 Å². The van der Waals surface area contributed by atoms with Gasteiger partial charge in [0.25, 0.3) is 0 Å². The second-order valence-electron chi connectivity index (χ2n) is 5.83. The van der Waals surface area contributed by atoms with Crippen molar-refractivity contribution in [2.45, 2.75) is 36.6 Å². The molecule has 0 saturated carbocycles. The maximum absolute atomic E-state index is 12.2. The predicted molar refractivity (Wildman–Crippen MR) is 85.2 cm³/mol. The third-order valence-electron chi connectivity index (χ3n) is 4.42. The number of aliphatic hydroxyl groups is 1. The fraction of sp³-hybridized carbons (Fsp3) is 0.500. The van der Waals surface area contributed by atoms with Gasteiger partial charge in [-0.3, -0.25) is 9.69 Å². The minimum absolute atomic E-state index is 0.0601. The molecule has 4 heterocycles. The van der Waals surface area contributed by atoms with Gasteiger partial charge in [-0.2, -0.15) is 0 Å². The zero-order valence-electron chi connectivity index (χ0n) is 12.2. The quantitative estimate of drug-likeness (QED) is 0.786. The van der Waals surface area contributed by atoms with Gasteiger partial charge < -0.3 is 14.8 Å². The first-order chi connectivity index (χ1) is 11.0. The minimum Gasteiger partial charge on any atom is -0.477 e. The van der Waals surface area contributed by atoms with Crippen LogP contribution in [-0.2, 0) is 16.1 Å². The van der Waals surface area contributed by atoms with E-state index in [0.29, 0.717) is 4.24 Å². The Labute approximate surface area is 140 Å². The number of hydrogen-bond donors (Lipinski definition) is 2. The summed E-state index contributed by atoms with van der Waals surface area (Å²) in [6.45, 7) is 2.44. The first kappa shape index (κ1) is 15.1. The molecule has 0 radical (unpaired) electrons. The zero-order chi connectivity index (χ0) is 16.3. The standard InChI is InChI=1S/C14H15N3O4S2/c1-6(18)9-11(19)17-10(13(20)21)14(23-12(9)17)22-8-2-3-16-5-15-4-7(8)16/h4-6,8-9,12,18H,2-3H2,1H3,(H,20,21)/t6?,8?,9-,12+/m0/s1. The van der Waals surface area contributed by atoms with Gasteiger partial charge in [0.15, 0.2) is 5.70 Å². The molecule has 0 spiro atoms. The summed E-state index contributed by atoms with van der Waals surface area (Å²) in [5.41, 5.74) is 1.14. The third kappa shape index (κ3) is 2.14. The number of rotatable bonds is 4. The van der Waals surface area contributed by atoms with Gasteiger partial charge in [0.05, 0.1) is 33.5 Å². The van der Waals surface area contributed by atoms with E-state index in [1.165, 1.54) is 28.4 Å². The average Bonchev–Trinajstić information content (AvgIpc) is 3.13. The van der Waals surface area contributed by atoms with E-state index in [4.69, 9.17) is 0 Å². The highest BCUT2D eigenvalue weighted by Crippen LogP contribution is 2.57. The van der Waals surface area contributed by atoms with E-state index < -0.39 is 18.0 Å². The van der Waals surface area contributed by atoms with Crippen molar-refractivity contribution in [2.75, 3.05) is 0 Å². The molecule has 3 aliphatic heterocycles. The van der Waals surface area contributed by atoms with E-state index >= 15 is 0 Å². The molecule has 2 unspecified atom stereocenters. The monoisotopic (exact) mass is 353 g/mol. The second kappa shape index (κ2) is 5.29. The molecule has 0 bridgehead atoms. The summed E-state index contributed by atoms with van der Waals surface area (Å²) in [4.78, 5) is 29.2. The molecule has 4 atom stereocenters. The molecule has 0 aromatic carbocycles. The lowest BCUT2D eigenvalue weighted by atomic mass is 9.92. The first-order valence-corrected chi connectivity index (χ1v) is 9.07. The van der Waals surface area contributed by atoms with E-state index in [9.17, 15) is 19.8 Å². The van der Waals surface area contributed by atoms with Gasteiger partial charge >= 0.3 is 5.97 Å². The Balaban J connectivity index is 1.61. The molecule has 1 amide bonds. The molecule has 3 aliphatic rings. The van der Waals surface area contributed by atoms with Gasteiger partial charge in [0, 0.05) is 12.7 Å². The molecule has 7 nitrogen and oxygen atoms in total. The number of nitrogens with zero attached hydrogens (tertiary/aromatic N) is 3. The number of amides is 1. The molecule has 1 aromatic heterocycles. The Hall–Kier alpha value is -1.45. The van der Waals surface area contributed by atoms with Crippen LogP contribution >= 0.6 is 23.5 Å². The number of carbonyl (C=O) groups excluding carboxylic acids is 1. The summed E-state index contributed by atoms with van der Waals surface area (Å²) >= 11 is 2.87. The first-order valence-electron chi connectivity index (χ1n) is 7.31. The Bertz CT molecular complexity index is 729. The van der Waals surface area contributed by atoms with Crippen LogP contribution in [0.4, 0.5) is 0 Å². The van der Waals surface area contributed by atoms with Crippen molar-refractivity contribution < 1.29 is 19.8 Å². The lowest BCUT2D eigenvalue weighted by Crippen LogP contribution is -2.60. The summed E-state index contributed by atoms with van der Waals surface area (Å²) in [6, 6.07) is 0. The van der Waals surface area contributed by atoms with Crippen molar-refractivity contribution in [1.82, 2.24) is 14.5 Å². The molecule has 1 fully saturated rings. The molecule has 2 N–H and O–H groups in total. The number of aromatic nitrogens is 2. The van der Waals surface area contributed by atoms with Crippen LogP contribution in [0.3, 0.4) is 0 Å². The SMILES string of the molecule is CC(O)[C@H]1C(=O)N2C(C(=O)O)=C(SC3CCn4cncc43)S[C@H]12. The number of thioether (sulfide) groups is 2. The predicted octanol–water partition coefficient (Wildman–Crippen LogP) is 1.23. The van der Waals surface area contributed by atoms with Crippen LogP contribution in [0, 0.1) is 5.92 Å². The molecule has 1 saturated heterocycles. The van der Waals surface area contributed by atoms with Gasteiger partial charge in [-0.05, 0) is 13.3 Å². The van der Waals surface area contributed by atoms with Crippen LogP contribution in [0.2, 0.25) is 0 Å². The summed E-state index contributed by atoms with van der Waals surface area (Å²) in [5.74, 6) is -1.92. The van der Waals surface area contributed by atoms with Gasteiger partial charge in [-0.1, -0.05) is 11.8 Å². The van der Waals surface area contributed by atoms with E-state index in [1.807, 2.05) is 6.20 Å². The van der Waals surface area contributed by atoms with E-state index in [1.54, 1.807) is 13.3 Å². The number of β-lactam (4-membered cyclic amide) rings is 1. The van der Waals surface area contributed by atoms with Crippen molar-refractivity contribution in [3.8, 4) is 0 Å². The zero-order valence-corrected chi connectivity index (χ0v) is 13.9. The van der Waals surface area contributed by atoms with Crippen molar-refractivity contribution in [3.63, 3.8) is 0 Å². The lowest BCUT2D eigenvalue weighted by molar-refractivity contribution is -0.156. The molecule has 122 valence electrons. The molecule has 4 rings (SSSR count). The van der Waals surface area contributed by atoms with Crippen LogP contribution in [0.25, 0.3) is 0 Å². The Kier molecular flexibility index (Phi) is 3.47. The highest BCUT2D eigenvalue weighted by molar-refractivity contribution is 8.22. The Morgan fingerprint density at radius 3 is 3.04 bits per heavy atom. The van der Waals surface area contributed by atoms with Crippen molar-refractivity contribution >= 4 is 35.4 Å². The number of aryl methyl sites for hydroxylation is 1. The maximum Gasteiger partial charge on any atom is 0.354 e. The molecular weight excluding hydrogens is 338 g/mol. The van der Waals surface area contributed by atoms with Crippen molar-refractivity contribution in [1.29, 1.82) is 0 Å². The number of carbonyl (C=O) groups is 2. The average molecular weight is 353 g/mol. The van der Waals surface area contributed by atoms with Crippen LogP contribution in [0.15, 0.2) is 22.5 Å². The van der Waals surface area contributed by atoms with Crippen molar-refractivity contribution in [2.24, 2.45) is 5.92 Å². The summed E-state index contributed by atoms with van der Waals surface area (Å²) in [6.07, 6.45) is 3.73.